The number of carbonyl (C=O) groups is 1. The molecule has 1 saturated heterocycles. The van der Waals surface area contributed by atoms with Crippen LogP contribution in [0.1, 0.15) is 53.4 Å². The minimum absolute atomic E-state index is 0.213. The van der Waals surface area contributed by atoms with Crippen LogP contribution >= 0.6 is 0 Å². The lowest BCUT2D eigenvalue weighted by molar-refractivity contribution is -0.123. The number of hydrogen-bond acceptors (Lipinski definition) is 5. The molecular weight excluding hydrogens is 270 g/mol. The van der Waals surface area contributed by atoms with E-state index < -0.39 is 12.2 Å². The smallest absolute Gasteiger partial charge is 0.164 e. The summed E-state index contributed by atoms with van der Waals surface area (Å²) >= 11 is 0. The highest BCUT2D eigenvalue weighted by Crippen LogP contribution is 2.29. The van der Waals surface area contributed by atoms with Gasteiger partial charge in [-0.05, 0) is 53.5 Å². The largest absolute Gasteiger partial charge is 0.392 e. The summed E-state index contributed by atoms with van der Waals surface area (Å²) in [6.45, 7) is 9.37. The lowest BCUT2D eigenvalue weighted by Crippen LogP contribution is -2.37. The quantitative estimate of drug-likeness (QED) is 0.629. The van der Waals surface area contributed by atoms with Gasteiger partial charge in [0.05, 0.1) is 17.8 Å². The molecule has 3 atom stereocenters. The fourth-order valence-electron chi connectivity index (χ4n) is 2.92. The van der Waals surface area contributed by atoms with Crippen molar-refractivity contribution in [3.8, 4) is 0 Å². The van der Waals surface area contributed by atoms with Gasteiger partial charge in [0.2, 0.25) is 0 Å². The topological polar surface area (TPSA) is 70.0 Å². The van der Waals surface area contributed by atoms with Gasteiger partial charge in [-0.15, -0.1) is 0 Å². The van der Waals surface area contributed by atoms with Crippen LogP contribution in [0.15, 0.2) is 0 Å². The van der Waals surface area contributed by atoms with Crippen LogP contribution in [-0.4, -0.2) is 64.4 Å². The lowest BCUT2D eigenvalue weighted by Gasteiger charge is -2.25. The van der Waals surface area contributed by atoms with E-state index in [4.69, 9.17) is 4.74 Å². The molecule has 21 heavy (non-hydrogen) atoms. The molecule has 5 heteroatoms. The van der Waals surface area contributed by atoms with E-state index in [1.165, 1.54) is 0 Å². The highest BCUT2D eigenvalue weighted by Gasteiger charge is 2.38. The van der Waals surface area contributed by atoms with E-state index in [9.17, 15) is 15.0 Å². The summed E-state index contributed by atoms with van der Waals surface area (Å²) in [6, 6.07) is 0. The Morgan fingerprint density at radius 1 is 1.24 bits per heavy atom. The molecule has 1 rings (SSSR count). The maximum absolute atomic E-state index is 11.8. The molecule has 0 amide bonds. The summed E-state index contributed by atoms with van der Waals surface area (Å²) in [5.41, 5.74) is -0.313. The molecule has 5 nitrogen and oxygen atoms in total. The van der Waals surface area contributed by atoms with Crippen LogP contribution in [0.25, 0.3) is 0 Å². The third kappa shape index (κ3) is 7.36. The summed E-state index contributed by atoms with van der Waals surface area (Å²) < 4.78 is 5.75. The van der Waals surface area contributed by atoms with E-state index in [2.05, 4.69) is 4.90 Å². The van der Waals surface area contributed by atoms with Gasteiger partial charge in [-0.3, -0.25) is 9.69 Å². The van der Waals surface area contributed by atoms with Crippen molar-refractivity contribution < 1.29 is 19.7 Å². The average molecular weight is 301 g/mol. The Morgan fingerprint density at radius 2 is 1.81 bits per heavy atom. The zero-order valence-electron chi connectivity index (χ0n) is 13.8. The second-order valence-corrected chi connectivity index (χ2v) is 6.96. The van der Waals surface area contributed by atoms with Gasteiger partial charge in [-0.25, -0.2) is 0 Å². The van der Waals surface area contributed by atoms with Crippen molar-refractivity contribution in [2.45, 2.75) is 77.3 Å². The number of hydrogen-bond donors (Lipinski definition) is 2. The predicted molar refractivity (Wildman–Crippen MR) is 82.2 cm³/mol. The maximum atomic E-state index is 11.8. The summed E-state index contributed by atoms with van der Waals surface area (Å²) in [7, 11) is 0. The molecular formula is C16H31NO4. The minimum Gasteiger partial charge on any atom is -0.392 e. The molecule has 3 unspecified atom stereocenters. The van der Waals surface area contributed by atoms with Crippen molar-refractivity contribution in [1.82, 2.24) is 4.90 Å². The van der Waals surface area contributed by atoms with Gasteiger partial charge in [0, 0.05) is 19.5 Å². The van der Waals surface area contributed by atoms with Crippen molar-refractivity contribution in [2.75, 3.05) is 19.6 Å². The number of nitrogens with zero attached hydrogens (tertiary/aromatic N) is 1. The number of aliphatic hydroxyl groups is 2. The van der Waals surface area contributed by atoms with Crippen LogP contribution in [0, 0.1) is 0 Å². The van der Waals surface area contributed by atoms with Gasteiger partial charge >= 0.3 is 0 Å². The fourth-order valence-corrected chi connectivity index (χ4v) is 2.92. The Morgan fingerprint density at radius 3 is 2.24 bits per heavy atom. The van der Waals surface area contributed by atoms with E-state index in [0.717, 1.165) is 25.8 Å². The summed E-state index contributed by atoms with van der Waals surface area (Å²) in [5, 5.41) is 18.9. The Labute approximate surface area is 128 Å². The van der Waals surface area contributed by atoms with Gasteiger partial charge < -0.3 is 14.9 Å². The van der Waals surface area contributed by atoms with Gasteiger partial charge in [-0.1, -0.05) is 0 Å². The van der Waals surface area contributed by atoms with Crippen molar-refractivity contribution in [2.24, 2.45) is 0 Å². The molecule has 0 aromatic rings. The van der Waals surface area contributed by atoms with Crippen LogP contribution in [0.2, 0.25) is 0 Å². The molecule has 0 saturated carbocycles. The van der Waals surface area contributed by atoms with Crippen LogP contribution < -0.4 is 0 Å². The van der Waals surface area contributed by atoms with Crippen molar-refractivity contribution in [3.63, 3.8) is 0 Å². The maximum Gasteiger partial charge on any atom is 0.164 e. The molecule has 1 heterocycles. The highest BCUT2D eigenvalue weighted by atomic mass is 16.5. The third-order valence-electron chi connectivity index (χ3n) is 3.66. The number of Topliss-reactive ketones (excluding diaryl/α,β-unsaturated/α-hetero) is 1. The zero-order chi connectivity index (χ0) is 16.0. The van der Waals surface area contributed by atoms with Crippen molar-refractivity contribution in [3.05, 3.63) is 0 Å². The van der Waals surface area contributed by atoms with Crippen LogP contribution in [0.3, 0.4) is 0 Å². The first-order valence-corrected chi connectivity index (χ1v) is 7.98. The molecule has 0 aromatic heterocycles. The van der Waals surface area contributed by atoms with Crippen molar-refractivity contribution in [1.29, 1.82) is 0 Å². The number of unbranched alkanes of at least 4 members (excludes halogenated alkanes) is 1. The second kappa shape index (κ2) is 8.22. The molecule has 0 spiro atoms. The van der Waals surface area contributed by atoms with Gasteiger partial charge in [0.15, 0.2) is 5.78 Å². The molecule has 1 aliphatic heterocycles. The van der Waals surface area contributed by atoms with E-state index >= 15 is 0 Å². The SMILES string of the molecule is CC(O)CN(CCCCC1OC(C)(C)CC1=O)CC(C)O. The lowest BCUT2D eigenvalue weighted by atomic mass is 10.0. The summed E-state index contributed by atoms with van der Waals surface area (Å²) in [4.78, 5) is 13.9. The first-order chi connectivity index (χ1) is 9.69. The van der Waals surface area contributed by atoms with E-state index in [0.29, 0.717) is 19.5 Å². The van der Waals surface area contributed by atoms with Crippen LogP contribution in [0.5, 0.6) is 0 Å². The monoisotopic (exact) mass is 301 g/mol. The second-order valence-electron chi connectivity index (χ2n) is 6.96. The van der Waals surface area contributed by atoms with Crippen molar-refractivity contribution >= 4 is 5.78 Å². The Hall–Kier alpha value is -0.490. The predicted octanol–water partition coefficient (Wildman–Crippen LogP) is 1.36. The Balaban J connectivity index is 2.26. The fraction of sp³-hybridized carbons (Fsp3) is 0.938. The van der Waals surface area contributed by atoms with Gasteiger partial charge in [0.25, 0.3) is 0 Å². The first kappa shape index (κ1) is 18.6. The molecule has 0 aliphatic carbocycles. The normalized spacial score (nSPS) is 24.5. The molecule has 0 bridgehead atoms. The van der Waals surface area contributed by atoms with Gasteiger partial charge in [-0.2, -0.15) is 0 Å². The van der Waals surface area contributed by atoms with E-state index in [1.807, 2.05) is 13.8 Å². The molecule has 0 aromatic carbocycles. The van der Waals surface area contributed by atoms with Crippen LogP contribution in [0.4, 0.5) is 0 Å². The van der Waals surface area contributed by atoms with E-state index in [1.54, 1.807) is 13.8 Å². The molecule has 124 valence electrons. The molecule has 1 fully saturated rings. The third-order valence-corrected chi connectivity index (χ3v) is 3.66. The number of aliphatic hydroxyl groups excluding tert-OH is 2. The highest BCUT2D eigenvalue weighted by molar-refractivity contribution is 5.85. The minimum atomic E-state index is -0.399. The van der Waals surface area contributed by atoms with Gasteiger partial charge in [0.1, 0.15) is 6.10 Å². The average Bonchev–Trinajstić information content (AvgIpc) is 2.56. The number of ether oxygens (including phenoxy) is 1. The number of carbonyl (C=O) groups excluding carboxylic acids is 1. The molecule has 1 aliphatic rings. The zero-order valence-corrected chi connectivity index (χ0v) is 13.8. The Bertz CT molecular complexity index is 318. The van der Waals surface area contributed by atoms with E-state index in [-0.39, 0.29) is 17.5 Å². The molecule has 0 radical (unpaired) electrons. The standard InChI is InChI=1S/C16H31NO4/c1-12(18)10-17(11-13(2)19)8-6-5-7-15-14(20)9-16(3,4)21-15/h12-13,15,18-19H,5-11H2,1-4H3. The number of ketones is 1. The summed E-state index contributed by atoms with van der Waals surface area (Å²) in [6.07, 6.45) is 2.08. The number of rotatable bonds is 9. The first-order valence-electron chi connectivity index (χ1n) is 7.98. The van der Waals surface area contributed by atoms with Crippen LogP contribution in [-0.2, 0) is 9.53 Å². The summed E-state index contributed by atoms with van der Waals surface area (Å²) in [5.74, 6) is 0.213. The molecule has 2 N–H and O–H groups in total. The Kier molecular flexibility index (Phi) is 7.27.